The Morgan fingerprint density at radius 1 is 1.22 bits per heavy atom. The number of pyridine rings is 1. The lowest BCUT2D eigenvalue weighted by Crippen LogP contribution is -2.51. The number of nitriles is 1. The van der Waals surface area contributed by atoms with E-state index in [0.717, 1.165) is 11.6 Å². The first-order valence-electron chi connectivity index (χ1n) is 13.7. The molecule has 41 heavy (non-hydrogen) atoms. The quantitative estimate of drug-likeness (QED) is 0.210. The molecule has 1 saturated heterocycles. The fourth-order valence-electron chi connectivity index (χ4n) is 4.55. The Bertz CT molecular complexity index is 1390. The number of benzene rings is 1. The van der Waals surface area contributed by atoms with Crippen LogP contribution in [0.15, 0.2) is 42.7 Å². The van der Waals surface area contributed by atoms with Crippen molar-refractivity contribution in [1.82, 2.24) is 20.2 Å². The summed E-state index contributed by atoms with van der Waals surface area (Å²) in [4.78, 5) is 28.7. The van der Waals surface area contributed by atoms with Crippen LogP contribution < -0.4 is 15.4 Å². The van der Waals surface area contributed by atoms with E-state index in [9.17, 15) is 20.0 Å². The van der Waals surface area contributed by atoms with Crippen molar-refractivity contribution in [3.05, 3.63) is 53.9 Å². The van der Waals surface area contributed by atoms with E-state index in [1.54, 1.807) is 42.7 Å². The van der Waals surface area contributed by atoms with Crippen LogP contribution in [-0.4, -0.2) is 66.6 Å². The Hall–Kier alpha value is -3.92. The maximum absolute atomic E-state index is 12.8. The van der Waals surface area contributed by atoms with E-state index in [0.29, 0.717) is 67.5 Å². The predicted octanol–water partition coefficient (Wildman–Crippen LogP) is 4.49. The number of carbonyl (C=O) groups is 2. The summed E-state index contributed by atoms with van der Waals surface area (Å²) in [6.45, 7) is 8.97. The van der Waals surface area contributed by atoms with Crippen molar-refractivity contribution in [2.75, 3.05) is 19.8 Å². The van der Waals surface area contributed by atoms with Crippen molar-refractivity contribution in [2.24, 2.45) is 0 Å². The number of rotatable bonds is 12. The predicted molar refractivity (Wildman–Crippen MR) is 156 cm³/mol. The number of amides is 2. The van der Waals surface area contributed by atoms with Gasteiger partial charge in [0.25, 0.3) is 0 Å². The molecule has 4 rings (SSSR count). The zero-order valence-corrected chi connectivity index (χ0v) is 24.7. The molecule has 1 atom stereocenters. The van der Waals surface area contributed by atoms with Crippen LogP contribution >= 0.6 is 0 Å². The zero-order valence-electron chi connectivity index (χ0n) is 23.7. The minimum absolute atomic E-state index is 0.0350. The third-order valence-electron chi connectivity index (χ3n) is 6.84. The van der Waals surface area contributed by atoms with Gasteiger partial charge in [-0.15, -0.1) is 0 Å². The second kappa shape index (κ2) is 13.6. The summed E-state index contributed by atoms with van der Waals surface area (Å²) in [7, 11) is -1.21. The van der Waals surface area contributed by atoms with E-state index in [2.05, 4.69) is 41.3 Å². The average Bonchev–Trinajstić information content (AvgIpc) is 3.30. The molecule has 0 radical (unpaired) electrons. The van der Waals surface area contributed by atoms with Gasteiger partial charge in [-0.2, -0.15) is 5.26 Å². The van der Waals surface area contributed by atoms with Crippen LogP contribution in [0.25, 0.3) is 11.0 Å². The number of carboxylic acid groups (broad SMARTS) is 1. The molecule has 11 nitrogen and oxygen atoms in total. The lowest BCUT2D eigenvalue weighted by molar-refractivity contribution is -0.124. The average molecular weight is 580 g/mol. The van der Waals surface area contributed by atoms with Crippen LogP contribution in [0, 0.1) is 11.3 Å². The van der Waals surface area contributed by atoms with Crippen LogP contribution in [0.2, 0.25) is 25.7 Å². The van der Waals surface area contributed by atoms with Gasteiger partial charge >= 0.3 is 6.09 Å². The number of fused-ring (bicyclic) bond motifs is 1. The molecule has 218 valence electrons. The monoisotopic (exact) mass is 579 g/mol. The minimum atomic E-state index is -1.26. The first kappa shape index (κ1) is 30.0. The number of hydrogen-bond acceptors (Lipinski definition) is 7. The maximum Gasteiger partial charge on any atom is 0.405 e. The zero-order chi connectivity index (χ0) is 29.4. The highest BCUT2D eigenvalue weighted by molar-refractivity contribution is 6.76. The topological polar surface area (TPSA) is 148 Å². The highest BCUT2D eigenvalue weighted by Crippen LogP contribution is 2.32. The second-order valence-electron chi connectivity index (χ2n) is 11.3. The molecule has 0 spiro atoms. The Kier molecular flexibility index (Phi) is 9.98. The Morgan fingerprint density at radius 2 is 1.95 bits per heavy atom. The van der Waals surface area contributed by atoms with Gasteiger partial charge in [0.1, 0.15) is 36.0 Å². The van der Waals surface area contributed by atoms with E-state index in [-0.39, 0.29) is 18.4 Å². The second-order valence-corrected chi connectivity index (χ2v) is 16.9. The maximum atomic E-state index is 12.8. The molecule has 12 heteroatoms. The van der Waals surface area contributed by atoms with Gasteiger partial charge in [-0.05, 0) is 42.6 Å². The van der Waals surface area contributed by atoms with E-state index in [1.165, 1.54) is 0 Å². The molecule has 0 aliphatic carbocycles. The van der Waals surface area contributed by atoms with Crippen LogP contribution in [0.3, 0.4) is 0 Å². The Labute approximate surface area is 240 Å². The van der Waals surface area contributed by atoms with E-state index in [1.807, 2.05) is 4.57 Å². The Morgan fingerprint density at radius 3 is 2.61 bits per heavy atom. The third kappa shape index (κ3) is 8.53. The molecule has 0 saturated carbocycles. The molecule has 1 unspecified atom stereocenters. The van der Waals surface area contributed by atoms with Crippen LogP contribution in [0.5, 0.6) is 11.5 Å². The molecule has 2 aromatic heterocycles. The fraction of sp³-hybridized carbons (Fsp3) is 0.448. The number of carbonyl (C=O) groups excluding carboxylic acids is 1. The smallest absolute Gasteiger partial charge is 0.405 e. The van der Waals surface area contributed by atoms with Crippen molar-refractivity contribution in [3.8, 4) is 17.6 Å². The molecule has 3 aromatic rings. The van der Waals surface area contributed by atoms with Crippen molar-refractivity contribution in [2.45, 2.75) is 63.8 Å². The van der Waals surface area contributed by atoms with Gasteiger partial charge in [0.05, 0.1) is 10.9 Å². The van der Waals surface area contributed by atoms with Crippen LogP contribution in [0.4, 0.5) is 4.79 Å². The van der Waals surface area contributed by atoms with Crippen LogP contribution in [0.1, 0.15) is 24.0 Å². The summed E-state index contributed by atoms with van der Waals surface area (Å²) in [6, 6.07) is 11.1. The summed E-state index contributed by atoms with van der Waals surface area (Å²) < 4.78 is 19.2. The van der Waals surface area contributed by atoms with Crippen molar-refractivity contribution in [1.29, 1.82) is 5.26 Å². The largest absolute Gasteiger partial charge is 0.465 e. The molecule has 1 aromatic carbocycles. The molecule has 0 bridgehead atoms. The number of nitrogens with one attached hydrogen (secondary N) is 2. The summed E-state index contributed by atoms with van der Waals surface area (Å²) in [5.74, 6) is 0.650. The SMILES string of the molecule is C[Si](C)(C)CCOCn1cc(C#N)c2c(Oc3ccc(CC(NC(=O)O)C(=O)NC4CCOCC4)cc3)ccnc21. The van der Waals surface area contributed by atoms with E-state index in [4.69, 9.17) is 14.2 Å². The lowest BCUT2D eigenvalue weighted by Gasteiger charge is -2.25. The molecule has 1 aliphatic rings. The van der Waals surface area contributed by atoms with Crippen molar-refractivity contribution >= 4 is 31.1 Å². The molecular weight excluding hydrogens is 542 g/mol. The van der Waals surface area contributed by atoms with Gasteiger partial charge < -0.3 is 34.5 Å². The van der Waals surface area contributed by atoms with Gasteiger partial charge in [-0.3, -0.25) is 4.79 Å². The van der Waals surface area contributed by atoms with Gasteiger partial charge in [-0.1, -0.05) is 31.8 Å². The van der Waals surface area contributed by atoms with E-state index >= 15 is 0 Å². The number of ether oxygens (including phenoxy) is 3. The Balaban J connectivity index is 1.44. The summed E-state index contributed by atoms with van der Waals surface area (Å²) >= 11 is 0. The lowest BCUT2D eigenvalue weighted by atomic mass is 10.0. The summed E-state index contributed by atoms with van der Waals surface area (Å²) in [6.07, 6.45) is 3.67. The summed E-state index contributed by atoms with van der Waals surface area (Å²) in [5, 5.41) is 24.9. The summed E-state index contributed by atoms with van der Waals surface area (Å²) in [5.41, 5.74) is 1.80. The molecular formula is C29H37N5O6Si. The molecule has 2 amide bonds. The number of nitrogens with zero attached hydrogens (tertiary/aromatic N) is 3. The van der Waals surface area contributed by atoms with Crippen LogP contribution in [-0.2, 0) is 27.4 Å². The molecule has 3 heterocycles. The van der Waals surface area contributed by atoms with Gasteiger partial charge in [0.15, 0.2) is 0 Å². The number of hydrogen-bond donors (Lipinski definition) is 3. The van der Waals surface area contributed by atoms with Gasteiger partial charge in [0, 0.05) is 52.8 Å². The fourth-order valence-corrected chi connectivity index (χ4v) is 5.31. The van der Waals surface area contributed by atoms with Crippen molar-refractivity contribution < 1.29 is 28.9 Å². The molecule has 3 N–H and O–H groups in total. The highest BCUT2D eigenvalue weighted by Gasteiger charge is 2.25. The first-order valence-corrected chi connectivity index (χ1v) is 17.4. The standard InChI is InChI=1S/C29H37N5O6Si/c1-41(2,3)15-14-39-19-34-18-21(17-30)26-25(8-11-31-27(26)34)40-23-6-4-20(5-7-23)16-24(33-29(36)37)28(35)32-22-9-12-38-13-10-22/h4-8,11,18,22,24,33H,9-10,12-16,19H2,1-3H3,(H,32,35)(H,36,37). The number of aromatic nitrogens is 2. The van der Waals surface area contributed by atoms with E-state index < -0.39 is 20.2 Å². The minimum Gasteiger partial charge on any atom is -0.465 e. The molecule has 1 fully saturated rings. The van der Waals surface area contributed by atoms with Gasteiger partial charge in [0.2, 0.25) is 5.91 Å². The first-order chi connectivity index (χ1) is 19.6. The molecule has 1 aliphatic heterocycles. The normalized spacial score (nSPS) is 14.8. The van der Waals surface area contributed by atoms with Crippen molar-refractivity contribution in [3.63, 3.8) is 0 Å². The third-order valence-corrected chi connectivity index (χ3v) is 8.54. The highest BCUT2D eigenvalue weighted by atomic mass is 28.3. The van der Waals surface area contributed by atoms with Gasteiger partial charge in [-0.25, -0.2) is 9.78 Å².